The third kappa shape index (κ3) is 5.18. The van der Waals surface area contributed by atoms with Gasteiger partial charge in [-0.3, -0.25) is 5.10 Å². The monoisotopic (exact) mass is 531 g/mol. The Morgan fingerprint density at radius 1 is 1.05 bits per heavy atom. The molecular formula is C30H21F4N3O2. The van der Waals surface area contributed by atoms with E-state index >= 15 is 0 Å². The number of hydrogen-bond donors (Lipinski definition) is 2. The largest absolute Gasteiger partial charge is 0.478 e. The van der Waals surface area contributed by atoms with E-state index < -0.39 is 23.7 Å². The second-order valence-electron chi connectivity index (χ2n) is 9.35. The molecule has 39 heavy (non-hydrogen) atoms. The zero-order valence-electron chi connectivity index (χ0n) is 20.4. The Balaban J connectivity index is 1.79. The number of carboxylic acid groups (broad SMARTS) is 1. The van der Waals surface area contributed by atoms with Crippen molar-refractivity contribution in [1.82, 2.24) is 10.2 Å². The summed E-state index contributed by atoms with van der Waals surface area (Å²) in [5.41, 5.74) is 3.19. The van der Waals surface area contributed by atoms with Crippen molar-refractivity contribution in [2.45, 2.75) is 25.4 Å². The number of hydrogen-bond acceptors (Lipinski definition) is 3. The number of halogens is 4. The van der Waals surface area contributed by atoms with Gasteiger partial charge < -0.3 is 5.11 Å². The maximum atomic E-state index is 14.5. The second-order valence-corrected chi connectivity index (χ2v) is 9.35. The number of nitrogens with one attached hydrogen (secondary N) is 1. The molecule has 0 amide bonds. The lowest BCUT2D eigenvalue weighted by Gasteiger charge is -2.32. The van der Waals surface area contributed by atoms with Crippen LogP contribution in [0.1, 0.15) is 52.6 Å². The van der Waals surface area contributed by atoms with Crippen molar-refractivity contribution in [3.8, 4) is 6.07 Å². The molecule has 0 radical (unpaired) electrons. The van der Waals surface area contributed by atoms with Crippen LogP contribution < -0.4 is 0 Å². The molecule has 1 fully saturated rings. The number of allylic oxidation sites excluding steroid dienone is 1. The van der Waals surface area contributed by atoms with Gasteiger partial charge >= 0.3 is 12.1 Å². The van der Waals surface area contributed by atoms with Crippen molar-refractivity contribution < 1.29 is 27.5 Å². The first kappa shape index (κ1) is 25.9. The molecule has 1 aliphatic rings. The molecule has 0 bridgehead atoms. The maximum absolute atomic E-state index is 14.5. The number of nitrogens with zero attached hydrogens (tertiary/aromatic N) is 2. The Kier molecular flexibility index (Phi) is 6.79. The van der Waals surface area contributed by atoms with Crippen molar-refractivity contribution >= 4 is 34.1 Å². The molecule has 0 saturated heterocycles. The van der Waals surface area contributed by atoms with E-state index in [1.165, 1.54) is 12.1 Å². The van der Waals surface area contributed by atoms with Crippen LogP contribution in [0.4, 0.5) is 17.6 Å². The van der Waals surface area contributed by atoms with E-state index in [2.05, 4.69) is 10.2 Å². The van der Waals surface area contributed by atoms with Crippen LogP contribution in [0.25, 0.3) is 28.1 Å². The lowest BCUT2D eigenvalue weighted by atomic mass is 9.72. The summed E-state index contributed by atoms with van der Waals surface area (Å²) < 4.78 is 54.8. The smallest absolute Gasteiger partial charge is 0.416 e. The number of alkyl halides is 3. The fourth-order valence-corrected chi connectivity index (χ4v) is 4.85. The molecule has 1 aliphatic carbocycles. The first-order valence-electron chi connectivity index (χ1n) is 12.2. The first-order valence-corrected chi connectivity index (χ1v) is 12.2. The van der Waals surface area contributed by atoms with E-state index in [1.807, 2.05) is 6.07 Å². The summed E-state index contributed by atoms with van der Waals surface area (Å²) in [6.07, 6.45) is 0.356. The Morgan fingerprint density at radius 3 is 2.38 bits per heavy atom. The van der Waals surface area contributed by atoms with Gasteiger partial charge in [-0.15, -0.1) is 5.10 Å². The van der Waals surface area contributed by atoms with Crippen LogP contribution in [-0.4, -0.2) is 21.3 Å². The predicted molar refractivity (Wildman–Crippen MR) is 139 cm³/mol. The number of nitriles is 1. The van der Waals surface area contributed by atoms with Gasteiger partial charge in [0.1, 0.15) is 0 Å². The average Bonchev–Trinajstić information content (AvgIpc) is 3.25. The van der Waals surface area contributed by atoms with Crippen molar-refractivity contribution in [3.63, 3.8) is 0 Å². The van der Waals surface area contributed by atoms with Crippen molar-refractivity contribution in [2.75, 3.05) is 0 Å². The van der Waals surface area contributed by atoms with Crippen LogP contribution in [0.5, 0.6) is 0 Å². The number of carboxylic acids is 1. The molecule has 1 heterocycles. The van der Waals surface area contributed by atoms with Crippen LogP contribution in [0.3, 0.4) is 0 Å². The molecule has 196 valence electrons. The number of benzene rings is 3. The Hall–Kier alpha value is -4.71. The minimum absolute atomic E-state index is 0.0275. The molecule has 1 aromatic heterocycles. The van der Waals surface area contributed by atoms with Gasteiger partial charge in [-0.25, -0.2) is 4.79 Å². The zero-order chi connectivity index (χ0) is 27.7. The third-order valence-corrected chi connectivity index (χ3v) is 6.96. The standard InChI is InChI=1S/C30H21F4N3O2/c31-29-24-15-20(9-12-25(24)36-37-29)27(19-7-4-17(5-8-19)6-13-26(38)39)28(18-2-1-3-18)23-11-10-22(30(32,33)34)14-21(23)16-35/h4-15,18H,1-3H2,(H,36,37)(H,38,39). The molecule has 5 rings (SSSR count). The zero-order valence-corrected chi connectivity index (χ0v) is 20.4. The Labute approximate surface area is 220 Å². The minimum Gasteiger partial charge on any atom is -0.478 e. The second kappa shape index (κ2) is 10.2. The van der Waals surface area contributed by atoms with Crippen molar-refractivity contribution in [1.29, 1.82) is 5.26 Å². The van der Waals surface area contributed by atoms with E-state index in [4.69, 9.17) is 5.11 Å². The normalized spacial score (nSPS) is 14.7. The number of aromatic nitrogens is 2. The van der Waals surface area contributed by atoms with E-state index in [0.29, 0.717) is 38.9 Å². The first-order chi connectivity index (χ1) is 18.7. The highest BCUT2D eigenvalue weighted by Gasteiger charge is 2.33. The van der Waals surface area contributed by atoms with E-state index in [-0.39, 0.29) is 16.9 Å². The van der Waals surface area contributed by atoms with E-state index in [0.717, 1.165) is 37.5 Å². The highest BCUT2D eigenvalue weighted by molar-refractivity contribution is 6.02. The molecule has 4 aromatic rings. The van der Waals surface area contributed by atoms with Crippen LogP contribution in [0.2, 0.25) is 0 Å². The van der Waals surface area contributed by atoms with Gasteiger partial charge in [0.15, 0.2) is 0 Å². The van der Waals surface area contributed by atoms with Crippen LogP contribution in [0, 0.1) is 23.2 Å². The van der Waals surface area contributed by atoms with Gasteiger partial charge in [-0.1, -0.05) is 42.8 Å². The number of aromatic amines is 1. The molecule has 0 atom stereocenters. The molecule has 9 heteroatoms. The molecule has 0 unspecified atom stereocenters. The predicted octanol–water partition coefficient (Wildman–Crippen LogP) is 7.45. The van der Waals surface area contributed by atoms with Gasteiger partial charge in [0, 0.05) is 6.08 Å². The summed E-state index contributed by atoms with van der Waals surface area (Å²) >= 11 is 0. The lowest BCUT2D eigenvalue weighted by Crippen LogP contribution is -2.16. The topological polar surface area (TPSA) is 89.8 Å². The molecule has 2 N–H and O–H groups in total. The van der Waals surface area contributed by atoms with E-state index in [1.54, 1.807) is 42.5 Å². The highest BCUT2D eigenvalue weighted by atomic mass is 19.4. The maximum Gasteiger partial charge on any atom is 0.416 e. The highest BCUT2D eigenvalue weighted by Crippen LogP contribution is 2.47. The molecule has 5 nitrogen and oxygen atoms in total. The molecular weight excluding hydrogens is 510 g/mol. The van der Waals surface area contributed by atoms with Gasteiger partial charge in [-0.05, 0) is 82.5 Å². The fourth-order valence-electron chi connectivity index (χ4n) is 4.85. The van der Waals surface area contributed by atoms with Crippen LogP contribution >= 0.6 is 0 Å². The minimum atomic E-state index is -4.60. The van der Waals surface area contributed by atoms with Gasteiger partial charge in [0.05, 0.1) is 28.1 Å². The fraction of sp³-hybridized carbons (Fsp3) is 0.167. The summed E-state index contributed by atoms with van der Waals surface area (Å²) in [6.45, 7) is 0. The van der Waals surface area contributed by atoms with Crippen LogP contribution in [0.15, 0.2) is 66.7 Å². The van der Waals surface area contributed by atoms with Crippen molar-refractivity contribution in [3.05, 3.63) is 106 Å². The number of H-pyrrole nitrogens is 1. The summed E-state index contributed by atoms with van der Waals surface area (Å²) in [5, 5.41) is 25.3. The quantitative estimate of drug-likeness (QED) is 0.154. The van der Waals surface area contributed by atoms with E-state index in [9.17, 15) is 27.6 Å². The number of rotatable bonds is 6. The number of aliphatic carboxylic acids is 1. The average molecular weight is 532 g/mol. The summed E-state index contributed by atoms with van der Waals surface area (Å²) in [6, 6.07) is 17.2. The molecule has 1 saturated carbocycles. The van der Waals surface area contributed by atoms with Crippen molar-refractivity contribution in [2.24, 2.45) is 5.92 Å². The lowest BCUT2D eigenvalue weighted by molar-refractivity contribution is -0.137. The van der Waals surface area contributed by atoms with Gasteiger partial charge in [0.25, 0.3) is 0 Å². The molecule has 3 aromatic carbocycles. The Morgan fingerprint density at radius 2 is 1.77 bits per heavy atom. The molecule has 0 spiro atoms. The molecule has 0 aliphatic heterocycles. The number of carbonyl (C=O) groups is 1. The van der Waals surface area contributed by atoms with Gasteiger partial charge in [-0.2, -0.15) is 22.8 Å². The van der Waals surface area contributed by atoms with Gasteiger partial charge in [0.2, 0.25) is 5.95 Å². The van der Waals surface area contributed by atoms with Crippen LogP contribution in [-0.2, 0) is 11.0 Å². The Bertz CT molecular complexity index is 1670. The number of fused-ring (bicyclic) bond motifs is 1. The third-order valence-electron chi connectivity index (χ3n) is 6.96. The summed E-state index contributed by atoms with van der Waals surface area (Å²) in [5.74, 6) is -1.80. The summed E-state index contributed by atoms with van der Waals surface area (Å²) in [7, 11) is 0. The summed E-state index contributed by atoms with van der Waals surface area (Å²) in [4.78, 5) is 10.9. The SMILES string of the molecule is N#Cc1cc(C(F)(F)F)ccc1C(=C(c1ccc(C=CC(=O)O)cc1)c1ccc2[nH]nc(F)c2c1)C1CCC1.